The first-order valence-corrected chi connectivity index (χ1v) is 9.78. The van der Waals surface area contributed by atoms with Gasteiger partial charge in [0.2, 0.25) is 5.91 Å². The summed E-state index contributed by atoms with van der Waals surface area (Å²) >= 11 is 0. The standard InChI is InChI=1S/C20H31FN4O/c1-14-11-16(8-9-22-14)20(26)25(2)10-4-7-18-13-19(24-23-18)15-5-3-6-17(21)12-15/h3,5-6,12,14,16,18-19,22-24H,4,7-11,13H2,1-2H3/t14-,16-,18?,19?/m0/s1. The quantitative estimate of drug-likeness (QED) is 0.727. The fourth-order valence-electron chi connectivity index (χ4n) is 4.11. The molecule has 3 rings (SSSR count). The van der Waals surface area contributed by atoms with Crippen LogP contribution in [0.25, 0.3) is 0 Å². The Labute approximate surface area is 155 Å². The number of halogens is 1. The predicted octanol–water partition coefficient (Wildman–Crippen LogP) is 2.36. The third kappa shape index (κ3) is 5.02. The van der Waals surface area contributed by atoms with E-state index in [1.165, 1.54) is 6.07 Å². The van der Waals surface area contributed by atoms with Gasteiger partial charge < -0.3 is 10.2 Å². The molecule has 0 saturated carbocycles. The van der Waals surface area contributed by atoms with Crippen LogP contribution >= 0.6 is 0 Å². The van der Waals surface area contributed by atoms with Crippen LogP contribution in [0.15, 0.2) is 24.3 Å². The Morgan fingerprint density at radius 1 is 1.31 bits per heavy atom. The lowest BCUT2D eigenvalue weighted by Gasteiger charge is -2.30. The van der Waals surface area contributed by atoms with Crippen molar-refractivity contribution in [3.05, 3.63) is 35.6 Å². The Morgan fingerprint density at radius 2 is 2.15 bits per heavy atom. The largest absolute Gasteiger partial charge is 0.346 e. The maximum atomic E-state index is 13.4. The smallest absolute Gasteiger partial charge is 0.225 e. The molecule has 2 aliphatic rings. The van der Waals surface area contributed by atoms with E-state index in [0.29, 0.717) is 12.1 Å². The van der Waals surface area contributed by atoms with E-state index in [-0.39, 0.29) is 23.7 Å². The molecule has 2 aliphatic heterocycles. The second kappa shape index (κ2) is 8.93. The summed E-state index contributed by atoms with van der Waals surface area (Å²) in [6.45, 7) is 3.87. The van der Waals surface area contributed by atoms with Gasteiger partial charge in [0, 0.05) is 37.6 Å². The average molecular weight is 362 g/mol. The topological polar surface area (TPSA) is 56.4 Å². The highest BCUT2D eigenvalue weighted by Crippen LogP contribution is 2.25. The van der Waals surface area contributed by atoms with Crippen molar-refractivity contribution in [1.29, 1.82) is 0 Å². The van der Waals surface area contributed by atoms with Crippen LogP contribution < -0.4 is 16.2 Å². The second-order valence-electron chi connectivity index (χ2n) is 7.81. The number of hydrogen-bond donors (Lipinski definition) is 3. The first-order chi connectivity index (χ1) is 12.5. The molecule has 2 heterocycles. The third-order valence-corrected chi connectivity index (χ3v) is 5.63. The molecule has 3 N–H and O–H groups in total. The molecule has 2 unspecified atom stereocenters. The Morgan fingerprint density at radius 3 is 2.92 bits per heavy atom. The third-order valence-electron chi connectivity index (χ3n) is 5.63. The summed E-state index contributed by atoms with van der Waals surface area (Å²) < 4.78 is 13.4. The number of nitrogens with one attached hydrogen (secondary N) is 3. The van der Waals surface area contributed by atoms with Crippen molar-refractivity contribution < 1.29 is 9.18 Å². The first-order valence-electron chi connectivity index (χ1n) is 9.78. The molecule has 4 atom stereocenters. The van der Waals surface area contributed by atoms with E-state index in [0.717, 1.165) is 50.8 Å². The molecule has 1 aromatic carbocycles. The number of benzene rings is 1. The normalized spacial score (nSPS) is 28.9. The highest BCUT2D eigenvalue weighted by molar-refractivity contribution is 5.78. The van der Waals surface area contributed by atoms with E-state index in [1.807, 2.05) is 18.0 Å². The number of nitrogens with zero attached hydrogens (tertiary/aromatic N) is 1. The number of carbonyl (C=O) groups excluding carboxylic acids is 1. The Kier molecular flexibility index (Phi) is 6.62. The number of piperidine rings is 1. The predicted molar refractivity (Wildman–Crippen MR) is 101 cm³/mol. The molecule has 5 nitrogen and oxygen atoms in total. The molecular formula is C20H31FN4O. The van der Waals surface area contributed by atoms with Gasteiger partial charge in [-0.1, -0.05) is 12.1 Å². The van der Waals surface area contributed by atoms with Gasteiger partial charge in [0.1, 0.15) is 5.82 Å². The Bertz CT molecular complexity index is 611. The number of amides is 1. The van der Waals surface area contributed by atoms with Gasteiger partial charge in [0.05, 0.1) is 0 Å². The lowest BCUT2D eigenvalue weighted by Crippen LogP contribution is -2.43. The van der Waals surface area contributed by atoms with Crippen LogP contribution in [0.4, 0.5) is 4.39 Å². The zero-order valence-electron chi connectivity index (χ0n) is 15.8. The maximum Gasteiger partial charge on any atom is 0.225 e. The summed E-state index contributed by atoms with van der Waals surface area (Å²) in [5, 5.41) is 3.40. The molecule has 26 heavy (non-hydrogen) atoms. The first kappa shape index (κ1) is 19.3. The fraction of sp³-hybridized carbons (Fsp3) is 0.650. The van der Waals surface area contributed by atoms with Crippen LogP contribution in [0.3, 0.4) is 0 Å². The van der Waals surface area contributed by atoms with Gasteiger partial charge >= 0.3 is 0 Å². The minimum Gasteiger partial charge on any atom is -0.346 e. The summed E-state index contributed by atoms with van der Waals surface area (Å²) in [5.74, 6) is 0.258. The molecule has 0 aromatic heterocycles. The number of rotatable bonds is 6. The summed E-state index contributed by atoms with van der Waals surface area (Å²) in [6.07, 6.45) is 4.79. The van der Waals surface area contributed by atoms with Crippen LogP contribution in [0.2, 0.25) is 0 Å². The molecule has 1 amide bonds. The van der Waals surface area contributed by atoms with E-state index in [4.69, 9.17) is 0 Å². The van der Waals surface area contributed by atoms with Gasteiger partial charge in [-0.25, -0.2) is 4.39 Å². The van der Waals surface area contributed by atoms with Gasteiger partial charge in [-0.3, -0.25) is 15.6 Å². The molecule has 144 valence electrons. The highest BCUT2D eigenvalue weighted by Gasteiger charge is 2.28. The Balaban J connectivity index is 1.39. The van der Waals surface area contributed by atoms with E-state index in [9.17, 15) is 9.18 Å². The average Bonchev–Trinajstić information content (AvgIpc) is 3.10. The lowest BCUT2D eigenvalue weighted by molar-refractivity contribution is -0.135. The molecule has 0 radical (unpaired) electrons. The summed E-state index contributed by atoms with van der Waals surface area (Å²) in [6, 6.07) is 7.70. The van der Waals surface area contributed by atoms with Gasteiger partial charge in [-0.05, 0) is 63.3 Å². The second-order valence-corrected chi connectivity index (χ2v) is 7.81. The van der Waals surface area contributed by atoms with Crippen molar-refractivity contribution in [3.63, 3.8) is 0 Å². The van der Waals surface area contributed by atoms with Crippen LogP contribution in [-0.4, -0.2) is 43.0 Å². The van der Waals surface area contributed by atoms with Gasteiger partial charge in [0.25, 0.3) is 0 Å². The van der Waals surface area contributed by atoms with Crippen molar-refractivity contribution in [2.45, 2.75) is 57.2 Å². The minimum atomic E-state index is -0.194. The molecule has 2 saturated heterocycles. The van der Waals surface area contributed by atoms with Crippen LogP contribution in [0, 0.1) is 11.7 Å². The monoisotopic (exact) mass is 362 g/mol. The molecule has 2 fully saturated rings. The molecule has 0 bridgehead atoms. The van der Waals surface area contributed by atoms with Crippen molar-refractivity contribution in [2.24, 2.45) is 5.92 Å². The van der Waals surface area contributed by atoms with E-state index in [1.54, 1.807) is 12.1 Å². The number of carbonyl (C=O) groups is 1. The molecule has 6 heteroatoms. The molecule has 0 aliphatic carbocycles. The lowest BCUT2D eigenvalue weighted by atomic mass is 9.92. The highest BCUT2D eigenvalue weighted by atomic mass is 19.1. The van der Waals surface area contributed by atoms with Crippen molar-refractivity contribution in [3.8, 4) is 0 Å². The van der Waals surface area contributed by atoms with Crippen molar-refractivity contribution in [2.75, 3.05) is 20.1 Å². The molecule has 0 spiro atoms. The van der Waals surface area contributed by atoms with E-state index in [2.05, 4.69) is 23.1 Å². The van der Waals surface area contributed by atoms with Gasteiger partial charge in [-0.15, -0.1) is 0 Å². The fourth-order valence-corrected chi connectivity index (χ4v) is 4.11. The van der Waals surface area contributed by atoms with E-state index < -0.39 is 0 Å². The SMILES string of the molecule is C[C@H]1C[C@@H](C(=O)N(C)CCCC2CC(c3cccc(F)c3)NN2)CCN1. The molecular weight excluding hydrogens is 331 g/mol. The van der Waals surface area contributed by atoms with Crippen LogP contribution in [0.1, 0.15) is 50.6 Å². The number of hydrogen-bond acceptors (Lipinski definition) is 4. The van der Waals surface area contributed by atoms with Crippen molar-refractivity contribution in [1.82, 2.24) is 21.1 Å². The minimum absolute atomic E-state index is 0.145. The molecule has 1 aromatic rings. The number of hydrazine groups is 1. The summed E-state index contributed by atoms with van der Waals surface area (Å²) in [7, 11) is 1.92. The van der Waals surface area contributed by atoms with Gasteiger partial charge in [0.15, 0.2) is 0 Å². The Hall–Kier alpha value is -1.50. The van der Waals surface area contributed by atoms with E-state index >= 15 is 0 Å². The zero-order valence-corrected chi connectivity index (χ0v) is 15.8. The van der Waals surface area contributed by atoms with Crippen LogP contribution in [0.5, 0.6) is 0 Å². The maximum absolute atomic E-state index is 13.4. The summed E-state index contributed by atoms with van der Waals surface area (Å²) in [4.78, 5) is 14.5. The zero-order chi connectivity index (χ0) is 18.5. The van der Waals surface area contributed by atoms with Gasteiger partial charge in [-0.2, -0.15) is 0 Å². The summed E-state index contributed by atoms with van der Waals surface area (Å²) in [5.41, 5.74) is 7.56. The van der Waals surface area contributed by atoms with Crippen LogP contribution in [-0.2, 0) is 4.79 Å². The van der Waals surface area contributed by atoms with Crippen molar-refractivity contribution >= 4 is 5.91 Å².